The van der Waals surface area contributed by atoms with Crippen molar-refractivity contribution in [3.05, 3.63) is 71.2 Å². The summed E-state index contributed by atoms with van der Waals surface area (Å²) in [5, 5.41) is 11.8. The molecule has 1 atom stereocenters. The molecule has 0 aliphatic rings. The van der Waals surface area contributed by atoms with E-state index in [1.165, 1.54) is 24.5 Å². The number of aromatic nitrogens is 1. The Balaban J connectivity index is 1.77. The van der Waals surface area contributed by atoms with Crippen LogP contribution in [-0.4, -0.2) is 22.5 Å². The van der Waals surface area contributed by atoms with Crippen molar-refractivity contribution in [1.82, 2.24) is 4.57 Å². The Kier molecular flexibility index (Phi) is 5.45. The van der Waals surface area contributed by atoms with Crippen LogP contribution in [0.15, 0.2) is 47.1 Å². The number of benzene rings is 1. The van der Waals surface area contributed by atoms with E-state index in [0.717, 1.165) is 12.1 Å². The molecule has 29 heavy (non-hydrogen) atoms. The quantitative estimate of drug-likeness (QED) is 0.660. The monoisotopic (exact) mass is 399 g/mol. The SMILES string of the molecule is Cc1oc(-n2cccc2)c(C#N)c1C(=O)O[C@@H](C)C(=O)Nc1ccc(F)c(F)c1. The zero-order valence-electron chi connectivity index (χ0n) is 15.4. The van der Waals surface area contributed by atoms with Crippen molar-refractivity contribution in [2.75, 3.05) is 5.32 Å². The van der Waals surface area contributed by atoms with Gasteiger partial charge in [-0.25, -0.2) is 13.6 Å². The maximum Gasteiger partial charge on any atom is 0.343 e. The normalized spacial score (nSPS) is 11.6. The summed E-state index contributed by atoms with van der Waals surface area (Å²) in [4.78, 5) is 24.8. The summed E-state index contributed by atoms with van der Waals surface area (Å²) in [5.74, 6) is -3.55. The van der Waals surface area contributed by atoms with Crippen molar-refractivity contribution in [2.24, 2.45) is 0 Å². The molecule has 0 saturated carbocycles. The van der Waals surface area contributed by atoms with Crippen LogP contribution in [0.2, 0.25) is 0 Å². The van der Waals surface area contributed by atoms with E-state index in [-0.39, 0.29) is 28.5 Å². The molecule has 2 heterocycles. The molecule has 0 aliphatic heterocycles. The number of anilines is 1. The van der Waals surface area contributed by atoms with E-state index in [1.807, 2.05) is 6.07 Å². The lowest BCUT2D eigenvalue weighted by Crippen LogP contribution is -2.30. The molecule has 9 heteroatoms. The smallest absolute Gasteiger partial charge is 0.343 e. The number of ether oxygens (including phenoxy) is 1. The first kappa shape index (κ1) is 19.8. The number of carbonyl (C=O) groups excluding carboxylic acids is 2. The molecular formula is C20H15F2N3O4. The number of amides is 1. The summed E-state index contributed by atoms with van der Waals surface area (Å²) in [5.41, 5.74) is -0.121. The van der Waals surface area contributed by atoms with E-state index < -0.39 is 29.6 Å². The average Bonchev–Trinajstić information content (AvgIpc) is 3.31. The molecule has 1 amide bonds. The largest absolute Gasteiger partial charge is 0.449 e. The summed E-state index contributed by atoms with van der Waals surface area (Å²) in [7, 11) is 0. The second-order valence-corrected chi connectivity index (χ2v) is 6.08. The first-order valence-corrected chi connectivity index (χ1v) is 8.45. The number of carbonyl (C=O) groups is 2. The van der Waals surface area contributed by atoms with Gasteiger partial charge in [0.25, 0.3) is 5.91 Å². The number of nitriles is 1. The molecule has 7 nitrogen and oxygen atoms in total. The fourth-order valence-corrected chi connectivity index (χ4v) is 2.62. The van der Waals surface area contributed by atoms with E-state index in [1.54, 1.807) is 24.5 Å². The Morgan fingerprint density at radius 3 is 2.55 bits per heavy atom. The highest BCUT2D eigenvalue weighted by atomic mass is 19.2. The second kappa shape index (κ2) is 7.98. The molecule has 3 aromatic rings. The molecule has 1 N–H and O–H groups in total. The number of nitrogens with one attached hydrogen (secondary N) is 1. The van der Waals surface area contributed by atoms with Gasteiger partial charge in [-0.15, -0.1) is 0 Å². The van der Waals surface area contributed by atoms with Gasteiger partial charge >= 0.3 is 5.97 Å². The summed E-state index contributed by atoms with van der Waals surface area (Å²) >= 11 is 0. The summed E-state index contributed by atoms with van der Waals surface area (Å²) in [6, 6.07) is 8.20. The maximum absolute atomic E-state index is 13.3. The third-order valence-corrected chi connectivity index (χ3v) is 4.06. The number of hydrogen-bond acceptors (Lipinski definition) is 5. The number of aryl methyl sites for hydroxylation is 1. The van der Waals surface area contributed by atoms with Gasteiger partial charge in [-0.05, 0) is 38.1 Å². The summed E-state index contributed by atoms with van der Waals surface area (Å²) < 4.78 is 38.4. The summed E-state index contributed by atoms with van der Waals surface area (Å²) in [6.45, 7) is 2.80. The predicted octanol–water partition coefficient (Wildman–Crippen LogP) is 3.71. The standard InChI is InChI=1S/C20H15F2N3O4/c1-11-17(14(10-23)19(28-11)25-7-3-4-8-25)20(27)29-12(2)18(26)24-13-5-6-15(21)16(22)9-13/h3-9,12H,1-2H3,(H,24,26)/t12-/m0/s1. The molecule has 148 valence electrons. The Hall–Kier alpha value is -3.93. The number of halogens is 2. The van der Waals surface area contributed by atoms with Crippen LogP contribution in [0.1, 0.15) is 28.6 Å². The number of furan rings is 1. The predicted molar refractivity (Wildman–Crippen MR) is 97.4 cm³/mol. The van der Waals surface area contributed by atoms with Crippen LogP contribution in [0.4, 0.5) is 14.5 Å². The molecule has 0 radical (unpaired) electrons. The van der Waals surface area contributed by atoms with Gasteiger partial charge in [0.15, 0.2) is 17.7 Å². The Morgan fingerprint density at radius 1 is 1.24 bits per heavy atom. The van der Waals surface area contributed by atoms with Gasteiger partial charge in [0.2, 0.25) is 5.88 Å². The van der Waals surface area contributed by atoms with Crippen molar-refractivity contribution >= 4 is 17.6 Å². The van der Waals surface area contributed by atoms with E-state index in [9.17, 15) is 23.6 Å². The van der Waals surface area contributed by atoms with Crippen LogP contribution in [-0.2, 0) is 9.53 Å². The molecular weight excluding hydrogens is 384 g/mol. The van der Waals surface area contributed by atoms with Crippen LogP contribution in [0.5, 0.6) is 0 Å². The van der Waals surface area contributed by atoms with Gasteiger partial charge < -0.3 is 14.5 Å². The van der Waals surface area contributed by atoms with E-state index in [4.69, 9.17) is 9.15 Å². The third kappa shape index (κ3) is 4.01. The molecule has 3 rings (SSSR count). The fourth-order valence-electron chi connectivity index (χ4n) is 2.62. The van der Waals surface area contributed by atoms with Gasteiger partial charge in [-0.3, -0.25) is 9.36 Å². The number of rotatable bonds is 5. The van der Waals surface area contributed by atoms with Crippen molar-refractivity contribution in [1.29, 1.82) is 5.26 Å². The Bertz CT molecular complexity index is 1110. The minimum absolute atomic E-state index is 0.00361. The Labute approximate surface area is 164 Å². The highest BCUT2D eigenvalue weighted by Crippen LogP contribution is 2.26. The molecule has 0 saturated heterocycles. The third-order valence-electron chi connectivity index (χ3n) is 4.06. The molecule has 0 bridgehead atoms. The first-order valence-electron chi connectivity index (χ1n) is 8.45. The van der Waals surface area contributed by atoms with Gasteiger partial charge in [0.05, 0.1) is 0 Å². The average molecular weight is 399 g/mol. The lowest BCUT2D eigenvalue weighted by molar-refractivity contribution is -0.123. The molecule has 0 fully saturated rings. The maximum atomic E-state index is 13.3. The zero-order valence-corrected chi connectivity index (χ0v) is 15.4. The zero-order chi connectivity index (χ0) is 21.1. The lowest BCUT2D eigenvalue weighted by Gasteiger charge is -2.13. The van der Waals surface area contributed by atoms with Gasteiger partial charge in [0.1, 0.15) is 23.0 Å². The summed E-state index contributed by atoms with van der Waals surface area (Å²) in [6.07, 6.45) is 2.02. The van der Waals surface area contributed by atoms with Gasteiger partial charge in [-0.1, -0.05) is 0 Å². The topological polar surface area (TPSA) is 97.3 Å². The minimum Gasteiger partial charge on any atom is -0.449 e. The number of nitrogens with zero attached hydrogens (tertiary/aromatic N) is 2. The van der Waals surface area contributed by atoms with Crippen molar-refractivity contribution < 1.29 is 27.5 Å². The van der Waals surface area contributed by atoms with Crippen LogP contribution < -0.4 is 5.32 Å². The highest BCUT2D eigenvalue weighted by Gasteiger charge is 2.28. The highest BCUT2D eigenvalue weighted by molar-refractivity contribution is 5.99. The first-order chi connectivity index (χ1) is 13.8. The molecule has 0 spiro atoms. The van der Waals surface area contributed by atoms with Crippen molar-refractivity contribution in [2.45, 2.75) is 20.0 Å². The van der Waals surface area contributed by atoms with Gasteiger partial charge in [0, 0.05) is 24.1 Å². The van der Waals surface area contributed by atoms with E-state index >= 15 is 0 Å². The van der Waals surface area contributed by atoms with Crippen LogP contribution in [0.25, 0.3) is 5.88 Å². The van der Waals surface area contributed by atoms with Crippen LogP contribution >= 0.6 is 0 Å². The van der Waals surface area contributed by atoms with Crippen LogP contribution in [0, 0.1) is 29.9 Å². The lowest BCUT2D eigenvalue weighted by atomic mass is 10.1. The Morgan fingerprint density at radius 2 is 1.93 bits per heavy atom. The molecule has 2 aromatic heterocycles. The number of hydrogen-bond donors (Lipinski definition) is 1. The fraction of sp³-hybridized carbons (Fsp3) is 0.150. The minimum atomic E-state index is -1.27. The number of esters is 1. The van der Waals surface area contributed by atoms with Crippen molar-refractivity contribution in [3.63, 3.8) is 0 Å². The molecule has 0 unspecified atom stereocenters. The second-order valence-electron chi connectivity index (χ2n) is 6.08. The van der Waals surface area contributed by atoms with Crippen molar-refractivity contribution in [3.8, 4) is 12.0 Å². The van der Waals surface area contributed by atoms with Gasteiger partial charge in [-0.2, -0.15) is 5.26 Å². The molecule has 0 aliphatic carbocycles. The molecule has 1 aromatic carbocycles. The van der Waals surface area contributed by atoms with Crippen LogP contribution in [0.3, 0.4) is 0 Å². The van der Waals surface area contributed by atoms with E-state index in [2.05, 4.69) is 5.32 Å². The van der Waals surface area contributed by atoms with E-state index in [0.29, 0.717) is 0 Å².